The molecule has 9 heteroatoms. The Labute approximate surface area is 214 Å². The number of rotatable bonds is 6. The molecule has 36 heavy (non-hydrogen) atoms. The third kappa shape index (κ3) is 4.41. The van der Waals surface area contributed by atoms with Crippen molar-refractivity contribution in [2.75, 3.05) is 26.2 Å². The highest BCUT2D eigenvalue weighted by atomic mass is 35.5. The zero-order chi connectivity index (χ0) is 26.4. The number of hydrogen-bond acceptors (Lipinski definition) is 6. The average molecular weight is 514 g/mol. The molecule has 0 aromatic heterocycles. The van der Waals surface area contributed by atoms with Crippen LogP contribution in [0.4, 0.5) is 5.69 Å². The van der Waals surface area contributed by atoms with Crippen LogP contribution in [0, 0.1) is 5.41 Å². The maximum absolute atomic E-state index is 13.7. The first kappa shape index (κ1) is 25.6. The van der Waals surface area contributed by atoms with Crippen molar-refractivity contribution in [3.05, 3.63) is 57.8 Å². The van der Waals surface area contributed by atoms with E-state index in [0.717, 1.165) is 0 Å². The molecule has 1 aliphatic heterocycles. The maximum atomic E-state index is 13.7. The number of ketones is 1. The number of ether oxygens (including phenoxy) is 3. The van der Waals surface area contributed by atoms with Crippen LogP contribution in [0.2, 0.25) is 5.02 Å². The minimum Gasteiger partial charge on any atom is -0.496 e. The lowest BCUT2D eigenvalue weighted by Crippen LogP contribution is -2.44. The van der Waals surface area contributed by atoms with Crippen molar-refractivity contribution in [1.82, 2.24) is 0 Å². The highest BCUT2D eigenvalue weighted by Gasteiger charge is 2.45. The van der Waals surface area contributed by atoms with E-state index in [-0.39, 0.29) is 34.4 Å². The van der Waals surface area contributed by atoms with E-state index >= 15 is 0 Å². The van der Waals surface area contributed by atoms with Gasteiger partial charge in [0.05, 0.1) is 37.6 Å². The van der Waals surface area contributed by atoms with Gasteiger partial charge in [0.25, 0.3) is 0 Å². The fourth-order valence-electron chi connectivity index (χ4n) is 5.10. The normalized spacial score (nSPS) is 19.2. The molecule has 1 N–H and O–H groups in total. The number of allylic oxidation sites excluding steroid dienone is 2. The number of methoxy groups -OCH3 is 3. The van der Waals surface area contributed by atoms with E-state index in [0.29, 0.717) is 46.9 Å². The van der Waals surface area contributed by atoms with Crippen LogP contribution < -0.4 is 19.1 Å². The van der Waals surface area contributed by atoms with E-state index in [2.05, 4.69) is 0 Å². The number of carbonyl (C=O) groups excluding carboxylic acids is 2. The number of nitrogens with zero attached hydrogens (tertiary/aromatic N) is 1. The Morgan fingerprint density at radius 1 is 1.00 bits per heavy atom. The first-order valence-corrected chi connectivity index (χ1v) is 11.8. The molecule has 2 aromatic rings. The van der Waals surface area contributed by atoms with Crippen LogP contribution in [0.25, 0.3) is 0 Å². The molecule has 0 spiro atoms. The highest BCUT2D eigenvalue weighted by molar-refractivity contribution is 6.34. The number of amides is 1. The molecule has 1 heterocycles. The minimum atomic E-state index is -1.14. The molecule has 0 saturated heterocycles. The van der Waals surface area contributed by atoms with Crippen molar-refractivity contribution in [2.24, 2.45) is 5.41 Å². The van der Waals surface area contributed by atoms with Crippen molar-refractivity contribution < 1.29 is 33.7 Å². The lowest BCUT2D eigenvalue weighted by molar-refractivity contribution is -0.121. The van der Waals surface area contributed by atoms with Gasteiger partial charge in [0.15, 0.2) is 17.3 Å². The zero-order valence-electron chi connectivity index (χ0n) is 20.8. The van der Waals surface area contributed by atoms with Gasteiger partial charge in [-0.1, -0.05) is 25.4 Å². The van der Waals surface area contributed by atoms with Gasteiger partial charge in [0, 0.05) is 41.7 Å². The summed E-state index contributed by atoms with van der Waals surface area (Å²) in [5.41, 5.74) is 1.49. The summed E-state index contributed by atoms with van der Waals surface area (Å²) in [6.45, 7) is 3.93. The summed E-state index contributed by atoms with van der Waals surface area (Å²) in [7, 11) is 4.54. The fourth-order valence-corrected chi connectivity index (χ4v) is 5.30. The summed E-state index contributed by atoms with van der Waals surface area (Å²) in [5.74, 6) is -0.718. The second-order valence-electron chi connectivity index (χ2n) is 9.71. The molecule has 0 radical (unpaired) electrons. The van der Waals surface area contributed by atoms with Crippen LogP contribution in [0.3, 0.4) is 0 Å². The monoisotopic (exact) mass is 513 g/mol. The summed E-state index contributed by atoms with van der Waals surface area (Å²) in [4.78, 5) is 40.4. The maximum Gasteiger partial charge on any atom is 0.335 e. The molecule has 0 fully saturated rings. The highest BCUT2D eigenvalue weighted by Crippen LogP contribution is 2.51. The number of anilines is 1. The summed E-state index contributed by atoms with van der Waals surface area (Å²) in [5, 5.41) is 9.73. The van der Waals surface area contributed by atoms with E-state index in [9.17, 15) is 19.5 Å². The molecule has 1 aliphatic carbocycles. The lowest BCUT2D eigenvalue weighted by Gasteiger charge is -2.43. The molecular formula is C27H28ClNO7. The van der Waals surface area contributed by atoms with Crippen molar-refractivity contribution in [1.29, 1.82) is 0 Å². The Morgan fingerprint density at radius 3 is 2.25 bits per heavy atom. The number of carbonyl (C=O) groups is 3. The number of hydrogen-bond donors (Lipinski definition) is 1. The van der Waals surface area contributed by atoms with Crippen molar-refractivity contribution >= 4 is 34.9 Å². The average Bonchev–Trinajstić information content (AvgIpc) is 2.82. The number of benzene rings is 2. The summed E-state index contributed by atoms with van der Waals surface area (Å²) in [6.07, 6.45) is 0.701. The van der Waals surface area contributed by atoms with E-state index in [1.54, 1.807) is 12.1 Å². The van der Waals surface area contributed by atoms with Gasteiger partial charge in [-0.25, -0.2) is 4.79 Å². The van der Waals surface area contributed by atoms with Crippen LogP contribution >= 0.6 is 11.6 Å². The molecule has 2 aliphatic rings. The van der Waals surface area contributed by atoms with Gasteiger partial charge < -0.3 is 19.3 Å². The zero-order valence-corrected chi connectivity index (χ0v) is 21.6. The first-order valence-electron chi connectivity index (χ1n) is 11.4. The number of carboxylic acids is 1. The molecule has 0 bridgehead atoms. The van der Waals surface area contributed by atoms with E-state index in [4.69, 9.17) is 25.8 Å². The summed E-state index contributed by atoms with van der Waals surface area (Å²) >= 11 is 6.47. The predicted molar refractivity (Wildman–Crippen MR) is 134 cm³/mol. The topological polar surface area (TPSA) is 102 Å². The minimum absolute atomic E-state index is 0.00516. The molecule has 1 unspecified atom stereocenters. The second kappa shape index (κ2) is 9.50. The van der Waals surface area contributed by atoms with Crippen molar-refractivity contribution in [3.8, 4) is 17.2 Å². The first-order chi connectivity index (χ1) is 17.0. The molecule has 8 nitrogen and oxygen atoms in total. The van der Waals surface area contributed by atoms with Gasteiger partial charge in [-0.2, -0.15) is 0 Å². The molecule has 1 amide bonds. The molecule has 0 saturated carbocycles. The Bertz CT molecular complexity index is 1300. The van der Waals surface area contributed by atoms with Crippen LogP contribution in [0.15, 0.2) is 41.6 Å². The summed E-state index contributed by atoms with van der Waals surface area (Å²) in [6, 6.07) is 7.62. The van der Waals surface area contributed by atoms with Gasteiger partial charge in [-0.15, -0.1) is 0 Å². The van der Waals surface area contributed by atoms with Gasteiger partial charge >= 0.3 is 5.97 Å². The van der Waals surface area contributed by atoms with Crippen molar-refractivity contribution in [3.63, 3.8) is 0 Å². The van der Waals surface area contributed by atoms with E-state index in [1.165, 1.54) is 44.4 Å². The number of Topliss-reactive ketones (excluding diaryl/α,β-unsaturated/α-hetero) is 1. The molecule has 1 atom stereocenters. The Morgan fingerprint density at radius 2 is 1.64 bits per heavy atom. The quantitative estimate of drug-likeness (QED) is 0.564. The SMILES string of the molecule is COc1cc(OC)c(C2CC(=O)N(c3cc(C(=O)O)ccc3Cl)C3=C2C(=O)CC(C)(C)C3)cc1OC. The lowest BCUT2D eigenvalue weighted by atomic mass is 9.69. The van der Waals surface area contributed by atoms with Crippen LogP contribution in [-0.4, -0.2) is 44.1 Å². The summed E-state index contributed by atoms with van der Waals surface area (Å²) < 4.78 is 16.5. The van der Waals surface area contributed by atoms with E-state index < -0.39 is 17.3 Å². The molecule has 190 valence electrons. The Kier molecular flexibility index (Phi) is 6.75. The molecule has 2 aromatic carbocycles. The molecule has 4 rings (SSSR count). The Hall–Kier alpha value is -3.52. The van der Waals surface area contributed by atoms with Crippen LogP contribution in [0.5, 0.6) is 17.2 Å². The third-order valence-electron chi connectivity index (χ3n) is 6.69. The number of halogens is 1. The van der Waals surface area contributed by atoms with Crippen molar-refractivity contribution in [2.45, 2.75) is 39.0 Å². The standard InChI is InChI=1S/C27H28ClNO7/c1-27(2)12-19-25(20(30)13-27)16(15-9-22(35-4)23(36-5)11-21(15)34-3)10-24(31)29(19)18-8-14(26(32)33)6-7-17(18)28/h6-9,11,16H,10,12-13H2,1-5H3,(H,32,33). The fraction of sp³-hybridized carbons (Fsp3) is 0.370. The predicted octanol–water partition coefficient (Wildman–Crippen LogP) is 5.23. The Balaban J connectivity index is 1.97. The van der Waals surface area contributed by atoms with Crippen LogP contribution in [-0.2, 0) is 9.59 Å². The van der Waals surface area contributed by atoms with Crippen LogP contribution in [0.1, 0.15) is 54.9 Å². The molecular weight excluding hydrogens is 486 g/mol. The largest absolute Gasteiger partial charge is 0.496 e. The van der Waals surface area contributed by atoms with Gasteiger partial charge in [-0.3, -0.25) is 14.5 Å². The van der Waals surface area contributed by atoms with Gasteiger partial charge in [0.2, 0.25) is 5.91 Å². The second-order valence-corrected chi connectivity index (χ2v) is 10.1. The van der Waals surface area contributed by atoms with E-state index in [1.807, 2.05) is 13.8 Å². The number of carboxylic acid groups (broad SMARTS) is 1. The smallest absolute Gasteiger partial charge is 0.335 e. The third-order valence-corrected chi connectivity index (χ3v) is 7.01. The van der Waals surface area contributed by atoms with Gasteiger partial charge in [0.1, 0.15) is 5.75 Å². The van der Waals surface area contributed by atoms with Gasteiger partial charge in [-0.05, 0) is 36.1 Å². The number of aromatic carboxylic acids is 1.